The second kappa shape index (κ2) is 13.1. The first-order valence-electron chi connectivity index (χ1n) is 12.9. The van der Waals surface area contributed by atoms with Crippen LogP contribution in [0.4, 0.5) is 30.6 Å². The molecule has 1 saturated carbocycles. The van der Waals surface area contributed by atoms with Gasteiger partial charge in [0.15, 0.2) is 0 Å². The summed E-state index contributed by atoms with van der Waals surface area (Å²) in [7, 11) is 0. The summed E-state index contributed by atoms with van der Waals surface area (Å²) in [5, 5.41) is 14.7. The van der Waals surface area contributed by atoms with Crippen LogP contribution >= 0.6 is 11.6 Å². The molecular weight excluding hydrogens is 500 g/mol. The minimum Gasteiger partial charge on any atom is -0.481 e. The van der Waals surface area contributed by atoms with Crippen LogP contribution in [0, 0.1) is 17.6 Å². The number of rotatable bonds is 10. The molecule has 0 radical (unpaired) electrons. The lowest BCUT2D eigenvalue weighted by molar-refractivity contribution is -0.137. The topological polar surface area (TPSA) is 81.7 Å². The van der Waals surface area contributed by atoms with Gasteiger partial charge in [-0.05, 0) is 67.0 Å². The molecular formula is C28H36ClF2N3O3. The molecule has 1 fully saturated rings. The number of carbonyl (C=O) groups is 2. The first-order chi connectivity index (χ1) is 17.6. The van der Waals surface area contributed by atoms with Gasteiger partial charge in [-0.2, -0.15) is 0 Å². The molecule has 2 aromatic rings. The smallest absolute Gasteiger partial charge is 0.323 e. The molecule has 1 atom stereocenters. The maximum Gasteiger partial charge on any atom is 0.323 e. The molecule has 0 aliphatic heterocycles. The summed E-state index contributed by atoms with van der Waals surface area (Å²) in [6, 6.07) is 6.33. The normalized spacial score (nSPS) is 14.9. The maximum atomic E-state index is 16.0. The summed E-state index contributed by atoms with van der Waals surface area (Å²) < 4.78 is 30.2. The average Bonchev–Trinajstić information content (AvgIpc) is 2.83. The third-order valence-corrected chi connectivity index (χ3v) is 7.00. The van der Waals surface area contributed by atoms with E-state index in [1.165, 1.54) is 18.2 Å². The number of urea groups is 1. The van der Waals surface area contributed by atoms with Gasteiger partial charge < -0.3 is 20.6 Å². The SMILES string of the molecule is CCC(CC(=O)O)c1cc(F)c(N(CC(C)C)C2CCCCC2)c(NC(=O)Nc2ccc(Cl)cc2F)c1. The minimum atomic E-state index is -0.981. The average molecular weight is 536 g/mol. The van der Waals surface area contributed by atoms with Crippen LogP contribution in [0.5, 0.6) is 0 Å². The largest absolute Gasteiger partial charge is 0.481 e. The van der Waals surface area contributed by atoms with E-state index < -0.39 is 29.6 Å². The lowest BCUT2D eigenvalue weighted by atomic mass is 9.90. The Morgan fingerprint density at radius 2 is 1.73 bits per heavy atom. The lowest BCUT2D eigenvalue weighted by Crippen LogP contribution is -2.40. The number of hydrogen-bond acceptors (Lipinski definition) is 3. The standard InChI is InChI=1S/C28H36ClF2N3O3/c1-4-18(14-26(35)36)19-12-23(31)27(34(16-17(2)3)21-8-6-5-7-9-21)25(13-19)33-28(37)32-24-11-10-20(29)15-22(24)30/h10-13,15,17-18,21H,4-9,14,16H2,1-3H3,(H,35,36)(H2,32,33,37). The Balaban J connectivity index is 2.04. The summed E-state index contributed by atoms with van der Waals surface area (Å²) in [6.07, 6.45) is 5.42. The number of hydrogen-bond donors (Lipinski definition) is 3. The highest BCUT2D eigenvalue weighted by Gasteiger charge is 2.29. The van der Waals surface area contributed by atoms with Gasteiger partial charge in [0.1, 0.15) is 11.6 Å². The first-order valence-corrected chi connectivity index (χ1v) is 13.3. The molecule has 9 heteroatoms. The number of nitrogens with zero attached hydrogens (tertiary/aromatic N) is 1. The predicted molar refractivity (Wildman–Crippen MR) is 145 cm³/mol. The van der Waals surface area contributed by atoms with Crippen LogP contribution in [0.1, 0.15) is 77.2 Å². The van der Waals surface area contributed by atoms with Gasteiger partial charge in [0.05, 0.1) is 23.5 Å². The molecule has 1 aliphatic rings. The zero-order chi connectivity index (χ0) is 27.1. The highest BCUT2D eigenvalue weighted by atomic mass is 35.5. The van der Waals surface area contributed by atoms with E-state index in [1.807, 2.05) is 11.8 Å². The van der Waals surface area contributed by atoms with E-state index in [4.69, 9.17) is 11.6 Å². The first kappa shape index (κ1) is 28.7. The zero-order valence-electron chi connectivity index (χ0n) is 21.6. The second-order valence-corrected chi connectivity index (χ2v) is 10.6. The Labute approximate surface area is 222 Å². The van der Waals surface area contributed by atoms with Crippen molar-refractivity contribution in [1.29, 1.82) is 0 Å². The molecule has 0 saturated heterocycles. The molecule has 1 aliphatic carbocycles. The number of carbonyl (C=O) groups excluding carboxylic acids is 1. The van der Waals surface area contributed by atoms with Crippen molar-refractivity contribution in [1.82, 2.24) is 0 Å². The summed E-state index contributed by atoms with van der Waals surface area (Å²) in [5.74, 6) is -2.38. The number of aliphatic carboxylic acids is 1. The summed E-state index contributed by atoms with van der Waals surface area (Å²) >= 11 is 5.81. The van der Waals surface area contributed by atoms with Crippen LogP contribution < -0.4 is 15.5 Å². The van der Waals surface area contributed by atoms with Gasteiger partial charge in [0, 0.05) is 17.6 Å². The molecule has 202 valence electrons. The van der Waals surface area contributed by atoms with Crippen LogP contribution in [0.3, 0.4) is 0 Å². The fourth-order valence-corrected chi connectivity index (χ4v) is 5.19. The van der Waals surface area contributed by atoms with Crippen molar-refractivity contribution in [2.75, 3.05) is 22.1 Å². The van der Waals surface area contributed by atoms with Gasteiger partial charge in [-0.1, -0.05) is 51.6 Å². The molecule has 6 nitrogen and oxygen atoms in total. The molecule has 0 aromatic heterocycles. The van der Waals surface area contributed by atoms with Gasteiger partial charge in [-0.15, -0.1) is 0 Å². The fraction of sp³-hybridized carbons (Fsp3) is 0.500. The van der Waals surface area contributed by atoms with E-state index in [2.05, 4.69) is 24.5 Å². The number of halogens is 3. The summed E-state index contributed by atoms with van der Waals surface area (Å²) in [4.78, 5) is 26.4. The van der Waals surface area contributed by atoms with Crippen LogP contribution in [0.2, 0.25) is 5.02 Å². The van der Waals surface area contributed by atoms with Gasteiger partial charge in [0.2, 0.25) is 0 Å². The Bertz CT molecular complexity index is 1110. The van der Waals surface area contributed by atoms with Crippen LogP contribution in [-0.4, -0.2) is 29.7 Å². The van der Waals surface area contributed by atoms with Crippen LogP contribution in [0.15, 0.2) is 30.3 Å². The molecule has 2 amide bonds. The molecule has 2 aromatic carbocycles. The van der Waals surface area contributed by atoms with Gasteiger partial charge in [-0.3, -0.25) is 4.79 Å². The molecule has 0 spiro atoms. The molecule has 3 N–H and O–H groups in total. The Morgan fingerprint density at radius 1 is 1.05 bits per heavy atom. The van der Waals surface area contributed by atoms with E-state index in [9.17, 15) is 19.1 Å². The monoisotopic (exact) mass is 535 g/mol. The Morgan fingerprint density at radius 3 is 2.32 bits per heavy atom. The number of carboxylic acid groups (broad SMARTS) is 1. The van der Waals surface area contributed by atoms with Crippen molar-refractivity contribution in [3.05, 3.63) is 52.6 Å². The summed E-state index contributed by atoms with van der Waals surface area (Å²) in [5.41, 5.74) is 0.939. The third kappa shape index (κ3) is 7.81. The highest BCUT2D eigenvalue weighted by molar-refractivity contribution is 6.30. The predicted octanol–water partition coefficient (Wildman–Crippen LogP) is 8.03. The fourth-order valence-electron chi connectivity index (χ4n) is 5.03. The van der Waals surface area contributed by atoms with Crippen molar-refractivity contribution in [2.24, 2.45) is 5.92 Å². The lowest BCUT2D eigenvalue weighted by Gasteiger charge is -2.39. The molecule has 37 heavy (non-hydrogen) atoms. The highest BCUT2D eigenvalue weighted by Crippen LogP contribution is 2.39. The maximum absolute atomic E-state index is 16.0. The van der Waals surface area contributed by atoms with E-state index >= 15 is 4.39 Å². The van der Waals surface area contributed by atoms with E-state index in [-0.39, 0.29) is 40.5 Å². The number of anilines is 3. The number of benzene rings is 2. The van der Waals surface area contributed by atoms with Gasteiger partial charge >= 0.3 is 12.0 Å². The molecule has 3 rings (SSSR count). The van der Waals surface area contributed by atoms with E-state index in [0.717, 1.165) is 38.2 Å². The molecule has 0 bridgehead atoms. The van der Waals surface area contributed by atoms with Crippen molar-refractivity contribution < 1.29 is 23.5 Å². The van der Waals surface area contributed by atoms with Crippen LogP contribution in [-0.2, 0) is 4.79 Å². The Kier molecular flexibility index (Phi) is 10.1. The van der Waals surface area contributed by atoms with Crippen molar-refractivity contribution >= 4 is 40.7 Å². The van der Waals surface area contributed by atoms with E-state index in [1.54, 1.807) is 6.07 Å². The number of amides is 2. The molecule has 0 heterocycles. The Hall–Kier alpha value is -2.87. The van der Waals surface area contributed by atoms with Crippen molar-refractivity contribution in [2.45, 2.75) is 77.7 Å². The zero-order valence-corrected chi connectivity index (χ0v) is 22.4. The minimum absolute atomic E-state index is 0.0660. The number of carboxylic acids is 1. The van der Waals surface area contributed by atoms with Gasteiger partial charge in [-0.25, -0.2) is 13.6 Å². The quantitative estimate of drug-likeness (QED) is 0.287. The van der Waals surface area contributed by atoms with Crippen molar-refractivity contribution in [3.63, 3.8) is 0 Å². The molecule has 1 unspecified atom stereocenters. The van der Waals surface area contributed by atoms with Crippen molar-refractivity contribution in [3.8, 4) is 0 Å². The number of nitrogens with one attached hydrogen (secondary N) is 2. The second-order valence-electron chi connectivity index (χ2n) is 10.1. The van der Waals surface area contributed by atoms with Crippen LogP contribution in [0.25, 0.3) is 0 Å². The van der Waals surface area contributed by atoms with E-state index in [0.29, 0.717) is 18.5 Å². The van der Waals surface area contributed by atoms with Gasteiger partial charge in [0.25, 0.3) is 0 Å². The third-order valence-electron chi connectivity index (χ3n) is 6.76. The summed E-state index contributed by atoms with van der Waals surface area (Å²) in [6.45, 7) is 6.56.